The second-order valence-corrected chi connectivity index (χ2v) is 25.2. The molecule has 0 saturated heterocycles. The Labute approximate surface area is 506 Å². The van der Waals surface area contributed by atoms with Crippen molar-refractivity contribution in [3.63, 3.8) is 0 Å². The number of esters is 3. The van der Waals surface area contributed by atoms with E-state index in [4.69, 9.17) is 14.2 Å². The number of ether oxygens (including phenoxy) is 3. The molecular formula is C75H142O6. The van der Waals surface area contributed by atoms with Crippen LogP contribution < -0.4 is 0 Å². The molecular weight excluding hydrogens is 997 g/mol. The van der Waals surface area contributed by atoms with Gasteiger partial charge in [0.25, 0.3) is 0 Å². The standard InChI is InChI=1S/C75H142O6/c1-4-7-10-13-16-19-22-25-28-29-30-31-32-33-34-35-36-37-38-39-40-41-42-43-44-45-48-50-53-56-59-62-65-68-74(77)80-71-72(81-75(78)69-66-63-60-57-54-51-47-27-24-21-18-15-12-9-6-3)70-79-73(76)67-64-61-58-55-52-49-46-26-23-20-17-14-11-8-5-2/h22,25,29-30,72H,4-21,23-24,26-28,31-71H2,1-3H3/b25-22-,30-29-. The van der Waals surface area contributed by atoms with E-state index in [1.54, 1.807) is 0 Å². The van der Waals surface area contributed by atoms with E-state index in [0.29, 0.717) is 19.3 Å². The number of carbonyl (C=O) groups is 3. The fourth-order valence-electron chi connectivity index (χ4n) is 11.4. The van der Waals surface area contributed by atoms with Crippen LogP contribution in [0.2, 0.25) is 0 Å². The SMILES string of the molecule is CCCCCCC/C=C\C/C=C\CCCCCCCCCCCCCCCCCCCCCCCC(=O)OCC(COC(=O)CCCCCCCCCCCCCCCCC)OC(=O)CCCCCCCCCCCCCCCCC. The van der Waals surface area contributed by atoms with Crippen LogP contribution in [-0.4, -0.2) is 37.2 Å². The summed E-state index contributed by atoms with van der Waals surface area (Å²) in [5.74, 6) is -0.826. The molecule has 1 unspecified atom stereocenters. The normalized spacial score (nSPS) is 12.1. The molecule has 0 rings (SSSR count). The predicted octanol–water partition coefficient (Wildman–Crippen LogP) is 25.3. The van der Waals surface area contributed by atoms with E-state index >= 15 is 0 Å². The van der Waals surface area contributed by atoms with Crippen molar-refractivity contribution in [2.75, 3.05) is 13.2 Å². The first kappa shape index (κ1) is 78.9. The minimum absolute atomic E-state index is 0.0625. The van der Waals surface area contributed by atoms with Crippen molar-refractivity contribution in [1.82, 2.24) is 0 Å². The number of hydrogen-bond donors (Lipinski definition) is 0. The Morgan fingerprint density at radius 1 is 0.247 bits per heavy atom. The highest BCUT2D eigenvalue weighted by atomic mass is 16.6. The van der Waals surface area contributed by atoms with Crippen LogP contribution in [0.5, 0.6) is 0 Å². The van der Waals surface area contributed by atoms with Crippen molar-refractivity contribution >= 4 is 17.9 Å². The lowest BCUT2D eigenvalue weighted by atomic mass is 10.0. The molecule has 478 valence electrons. The van der Waals surface area contributed by atoms with Crippen molar-refractivity contribution in [2.24, 2.45) is 0 Å². The Morgan fingerprint density at radius 3 is 0.679 bits per heavy atom. The molecule has 1 atom stereocenters. The summed E-state index contributed by atoms with van der Waals surface area (Å²) in [5, 5.41) is 0. The molecule has 0 aliphatic heterocycles. The van der Waals surface area contributed by atoms with E-state index in [0.717, 1.165) is 64.2 Å². The molecule has 6 nitrogen and oxygen atoms in total. The highest BCUT2D eigenvalue weighted by molar-refractivity contribution is 5.71. The van der Waals surface area contributed by atoms with E-state index in [1.165, 1.54) is 315 Å². The summed E-state index contributed by atoms with van der Waals surface area (Å²) in [6, 6.07) is 0. The fourth-order valence-corrected chi connectivity index (χ4v) is 11.4. The monoisotopic (exact) mass is 1140 g/mol. The molecule has 81 heavy (non-hydrogen) atoms. The molecule has 0 fully saturated rings. The van der Waals surface area contributed by atoms with Gasteiger partial charge in [-0.1, -0.05) is 373 Å². The van der Waals surface area contributed by atoms with Gasteiger partial charge >= 0.3 is 17.9 Å². The minimum atomic E-state index is -0.765. The van der Waals surface area contributed by atoms with Gasteiger partial charge in [0.05, 0.1) is 0 Å². The molecule has 0 bridgehead atoms. The Morgan fingerprint density at radius 2 is 0.444 bits per heavy atom. The molecule has 0 aliphatic carbocycles. The highest BCUT2D eigenvalue weighted by Gasteiger charge is 2.20. The third kappa shape index (κ3) is 68.6. The highest BCUT2D eigenvalue weighted by Crippen LogP contribution is 2.19. The average Bonchev–Trinajstić information content (AvgIpc) is 3.47. The van der Waals surface area contributed by atoms with Crippen molar-refractivity contribution in [3.8, 4) is 0 Å². The van der Waals surface area contributed by atoms with Crippen LogP contribution in [0.1, 0.15) is 419 Å². The quantitative estimate of drug-likeness (QED) is 0.0261. The molecule has 0 aromatic rings. The van der Waals surface area contributed by atoms with Gasteiger partial charge in [-0.2, -0.15) is 0 Å². The van der Waals surface area contributed by atoms with Crippen molar-refractivity contribution < 1.29 is 28.6 Å². The molecule has 0 heterocycles. The first-order valence-electron chi connectivity index (χ1n) is 36.8. The van der Waals surface area contributed by atoms with E-state index in [9.17, 15) is 14.4 Å². The van der Waals surface area contributed by atoms with Crippen molar-refractivity contribution in [3.05, 3.63) is 24.3 Å². The van der Waals surface area contributed by atoms with E-state index in [-0.39, 0.29) is 31.1 Å². The Kier molecular flexibility index (Phi) is 68.5. The summed E-state index contributed by atoms with van der Waals surface area (Å²) in [6.45, 7) is 6.72. The summed E-state index contributed by atoms with van der Waals surface area (Å²) in [6.07, 6.45) is 86.5. The van der Waals surface area contributed by atoms with Crippen molar-refractivity contribution in [1.29, 1.82) is 0 Å². The maximum Gasteiger partial charge on any atom is 0.306 e. The number of carbonyl (C=O) groups excluding carboxylic acids is 3. The molecule has 0 spiro atoms. The lowest BCUT2D eigenvalue weighted by molar-refractivity contribution is -0.167. The summed E-state index contributed by atoms with van der Waals surface area (Å²) in [4.78, 5) is 38.4. The Hall–Kier alpha value is -2.11. The third-order valence-corrected chi connectivity index (χ3v) is 17.0. The lowest BCUT2D eigenvalue weighted by Crippen LogP contribution is -2.30. The van der Waals surface area contributed by atoms with Crippen LogP contribution in [-0.2, 0) is 28.6 Å². The summed E-state index contributed by atoms with van der Waals surface area (Å²) in [5.41, 5.74) is 0. The first-order chi connectivity index (χ1) is 40.0. The number of rotatable bonds is 69. The molecule has 0 aliphatic rings. The summed E-state index contributed by atoms with van der Waals surface area (Å²) < 4.78 is 17.0. The average molecular weight is 1140 g/mol. The second-order valence-electron chi connectivity index (χ2n) is 25.2. The van der Waals surface area contributed by atoms with Gasteiger partial charge in [0.15, 0.2) is 6.10 Å². The summed E-state index contributed by atoms with van der Waals surface area (Å²) in [7, 11) is 0. The topological polar surface area (TPSA) is 78.9 Å². The molecule has 0 N–H and O–H groups in total. The largest absolute Gasteiger partial charge is 0.462 e. The van der Waals surface area contributed by atoms with Gasteiger partial charge in [-0.05, 0) is 51.4 Å². The van der Waals surface area contributed by atoms with E-state index in [1.807, 2.05) is 0 Å². The van der Waals surface area contributed by atoms with Gasteiger partial charge in [-0.25, -0.2) is 0 Å². The molecule has 0 aromatic heterocycles. The second kappa shape index (κ2) is 70.4. The zero-order chi connectivity index (χ0) is 58.5. The lowest BCUT2D eigenvalue weighted by Gasteiger charge is -2.18. The van der Waals surface area contributed by atoms with Gasteiger partial charge in [-0.3, -0.25) is 14.4 Å². The van der Waals surface area contributed by atoms with Crippen LogP contribution in [0.25, 0.3) is 0 Å². The van der Waals surface area contributed by atoms with Gasteiger partial charge in [0.1, 0.15) is 13.2 Å². The molecule has 6 heteroatoms. The zero-order valence-corrected chi connectivity index (χ0v) is 55.1. The smallest absolute Gasteiger partial charge is 0.306 e. The molecule has 0 saturated carbocycles. The number of unbranched alkanes of at least 4 members (excludes halogenated alkanes) is 54. The maximum atomic E-state index is 12.9. The van der Waals surface area contributed by atoms with Crippen LogP contribution in [0.15, 0.2) is 24.3 Å². The molecule has 0 aromatic carbocycles. The van der Waals surface area contributed by atoms with Gasteiger partial charge in [0.2, 0.25) is 0 Å². The Bertz CT molecular complexity index is 1310. The van der Waals surface area contributed by atoms with Crippen LogP contribution >= 0.6 is 0 Å². The van der Waals surface area contributed by atoms with Gasteiger partial charge in [0, 0.05) is 19.3 Å². The van der Waals surface area contributed by atoms with E-state index in [2.05, 4.69) is 45.1 Å². The molecule has 0 amide bonds. The predicted molar refractivity (Wildman–Crippen MR) is 353 cm³/mol. The van der Waals surface area contributed by atoms with Crippen LogP contribution in [0.4, 0.5) is 0 Å². The fraction of sp³-hybridized carbons (Fsp3) is 0.907. The number of hydrogen-bond acceptors (Lipinski definition) is 6. The van der Waals surface area contributed by atoms with Gasteiger partial charge in [-0.15, -0.1) is 0 Å². The van der Waals surface area contributed by atoms with Crippen LogP contribution in [0, 0.1) is 0 Å². The maximum absolute atomic E-state index is 12.9. The first-order valence-corrected chi connectivity index (χ1v) is 36.8. The minimum Gasteiger partial charge on any atom is -0.462 e. The van der Waals surface area contributed by atoms with Crippen LogP contribution in [0.3, 0.4) is 0 Å². The van der Waals surface area contributed by atoms with Crippen molar-refractivity contribution in [2.45, 2.75) is 425 Å². The number of allylic oxidation sites excluding steroid dienone is 4. The summed E-state index contributed by atoms with van der Waals surface area (Å²) >= 11 is 0. The van der Waals surface area contributed by atoms with Gasteiger partial charge < -0.3 is 14.2 Å². The van der Waals surface area contributed by atoms with E-state index < -0.39 is 6.10 Å². The molecule has 0 radical (unpaired) electrons. The Balaban J connectivity index is 4.09. The zero-order valence-electron chi connectivity index (χ0n) is 55.1. The third-order valence-electron chi connectivity index (χ3n) is 17.0.